The van der Waals surface area contributed by atoms with Gasteiger partial charge in [0.05, 0.1) is 22.6 Å². The average Bonchev–Trinajstić information content (AvgIpc) is 2.77. The topological polar surface area (TPSA) is 33.2 Å². The number of hydrogen-bond acceptors (Lipinski definition) is 3. The van der Waals surface area contributed by atoms with Gasteiger partial charge in [0.15, 0.2) is 0 Å². The Kier molecular flexibility index (Phi) is 4.39. The quantitative estimate of drug-likeness (QED) is 0.805. The minimum Gasteiger partial charge on any atom is -0.336 e. The standard InChI is InChI=1S/C12H9Cl2FN2OS/c1-17(6-8-2-3-10(13)19-8)12(18)9-4-7(15)5-16-11(9)14/h2-5H,6H2,1H3. The number of thiophene rings is 1. The summed E-state index contributed by atoms with van der Waals surface area (Å²) in [5, 5.41) is -0.0116. The maximum Gasteiger partial charge on any atom is 0.257 e. The first-order valence-corrected chi connectivity index (χ1v) is 6.85. The van der Waals surface area contributed by atoms with Gasteiger partial charge in [-0.25, -0.2) is 9.37 Å². The van der Waals surface area contributed by atoms with Gasteiger partial charge in [-0.1, -0.05) is 23.2 Å². The molecule has 0 atom stereocenters. The fourth-order valence-electron chi connectivity index (χ4n) is 1.52. The van der Waals surface area contributed by atoms with Crippen LogP contribution in [-0.4, -0.2) is 22.8 Å². The second-order valence-electron chi connectivity index (χ2n) is 3.86. The molecule has 2 rings (SSSR count). The van der Waals surface area contributed by atoms with Crippen molar-refractivity contribution in [1.29, 1.82) is 0 Å². The third kappa shape index (κ3) is 3.43. The zero-order valence-electron chi connectivity index (χ0n) is 9.86. The zero-order valence-corrected chi connectivity index (χ0v) is 12.2. The van der Waals surface area contributed by atoms with Crippen molar-refractivity contribution in [2.45, 2.75) is 6.54 Å². The second kappa shape index (κ2) is 5.86. The number of nitrogens with zero attached hydrogens (tertiary/aromatic N) is 2. The van der Waals surface area contributed by atoms with Crippen molar-refractivity contribution in [3.8, 4) is 0 Å². The molecule has 0 saturated carbocycles. The molecule has 0 bridgehead atoms. The first-order valence-electron chi connectivity index (χ1n) is 5.28. The highest BCUT2D eigenvalue weighted by Gasteiger charge is 2.17. The molecule has 0 N–H and O–H groups in total. The number of hydrogen-bond donors (Lipinski definition) is 0. The maximum absolute atomic E-state index is 13.1. The van der Waals surface area contributed by atoms with Crippen LogP contribution in [0.1, 0.15) is 15.2 Å². The molecular formula is C12H9Cl2FN2OS. The lowest BCUT2D eigenvalue weighted by molar-refractivity contribution is 0.0785. The largest absolute Gasteiger partial charge is 0.336 e. The van der Waals surface area contributed by atoms with E-state index < -0.39 is 5.82 Å². The van der Waals surface area contributed by atoms with Gasteiger partial charge in [0.25, 0.3) is 5.91 Å². The molecule has 0 saturated heterocycles. The van der Waals surface area contributed by atoms with Crippen molar-refractivity contribution >= 4 is 40.4 Å². The Morgan fingerprint density at radius 1 is 1.47 bits per heavy atom. The number of rotatable bonds is 3. The molecule has 0 radical (unpaired) electrons. The molecule has 0 unspecified atom stereocenters. The third-order valence-corrected chi connectivity index (χ3v) is 3.92. The molecule has 0 aromatic carbocycles. The zero-order chi connectivity index (χ0) is 14.0. The minimum atomic E-state index is -0.597. The lowest BCUT2D eigenvalue weighted by Gasteiger charge is -2.16. The Morgan fingerprint density at radius 2 is 2.21 bits per heavy atom. The average molecular weight is 319 g/mol. The molecule has 0 fully saturated rings. The molecule has 0 aliphatic carbocycles. The Hall–Kier alpha value is -1.17. The first kappa shape index (κ1) is 14.2. The lowest BCUT2D eigenvalue weighted by Crippen LogP contribution is -2.26. The van der Waals surface area contributed by atoms with Crippen molar-refractivity contribution in [2.75, 3.05) is 7.05 Å². The molecule has 19 heavy (non-hydrogen) atoms. The van der Waals surface area contributed by atoms with Gasteiger partial charge in [0, 0.05) is 11.9 Å². The number of halogens is 3. The molecule has 3 nitrogen and oxygen atoms in total. The van der Waals surface area contributed by atoms with Crippen molar-refractivity contribution in [3.05, 3.63) is 50.1 Å². The number of amides is 1. The van der Waals surface area contributed by atoms with Crippen LogP contribution in [0.3, 0.4) is 0 Å². The number of aromatic nitrogens is 1. The van der Waals surface area contributed by atoms with Crippen LogP contribution in [0.5, 0.6) is 0 Å². The Morgan fingerprint density at radius 3 is 2.84 bits per heavy atom. The SMILES string of the molecule is CN(Cc1ccc(Cl)s1)C(=O)c1cc(F)cnc1Cl. The summed E-state index contributed by atoms with van der Waals surface area (Å²) in [6.07, 6.45) is 0.970. The molecule has 2 aromatic heterocycles. The number of pyridine rings is 1. The van der Waals surface area contributed by atoms with Crippen molar-refractivity contribution in [3.63, 3.8) is 0 Å². The van der Waals surface area contributed by atoms with Gasteiger partial charge in [-0.2, -0.15) is 0 Å². The van der Waals surface area contributed by atoms with Crippen LogP contribution in [0.25, 0.3) is 0 Å². The summed E-state index contributed by atoms with van der Waals surface area (Å²) < 4.78 is 13.7. The Balaban J connectivity index is 2.16. The van der Waals surface area contributed by atoms with E-state index in [1.807, 2.05) is 6.07 Å². The summed E-state index contributed by atoms with van der Waals surface area (Å²) in [4.78, 5) is 18.1. The maximum atomic E-state index is 13.1. The highest BCUT2D eigenvalue weighted by molar-refractivity contribution is 7.16. The molecule has 100 valence electrons. The molecule has 1 amide bonds. The van der Waals surface area contributed by atoms with Gasteiger partial charge >= 0.3 is 0 Å². The number of carbonyl (C=O) groups is 1. The highest BCUT2D eigenvalue weighted by Crippen LogP contribution is 2.23. The van der Waals surface area contributed by atoms with E-state index in [0.717, 1.165) is 17.1 Å². The van der Waals surface area contributed by atoms with E-state index in [1.165, 1.54) is 16.2 Å². The third-order valence-electron chi connectivity index (χ3n) is 2.40. The fraction of sp³-hybridized carbons (Fsp3) is 0.167. The lowest BCUT2D eigenvalue weighted by atomic mass is 10.2. The predicted molar refractivity (Wildman–Crippen MR) is 74.3 cm³/mol. The van der Waals surface area contributed by atoms with Gasteiger partial charge in [-0.15, -0.1) is 11.3 Å². The summed E-state index contributed by atoms with van der Waals surface area (Å²) in [6.45, 7) is 0.378. The predicted octanol–water partition coefficient (Wildman–Crippen LogP) is 3.86. The number of carbonyl (C=O) groups excluding carboxylic acids is 1. The summed E-state index contributed by atoms with van der Waals surface area (Å²) in [5.74, 6) is -0.984. The molecule has 0 spiro atoms. The van der Waals surface area contributed by atoms with Crippen molar-refractivity contribution in [2.24, 2.45) is 0 Å². The van der Waals surface area contributed by atoms with Crippen LogP contribution < -0.4 is 0 Å². The second-order valence-corrected chi connectivity index (χ2v) is 6.02. The molecule has 0 aliphatic rings. The summed E-state index contributed by atoms with van der Waals surface area (Å²) in [7, 11) is 1.61. The van der Waals surface area contributed by atoms with Gasteiger partial charge in [0.1, 0.15) is 11.0 Å². The van der Waals surface area contributed by atoms with E-state index in [0.29, 0.717) is 10.9 Å². The smallest absolute Gasteiger partial charge is 0.257 e. The normalized spacial score (nSPS) is 10.5. The highest BCUT2D eigenvalue weighted by atomic mass is 35.5. The van der Waals surface area contributed by atoms with E-state index >= 15 is 0 Å². The molecular weight excluding hydrogens is 310 g/mol. The van der Waals surface area contributed by atoms with Crippen LogP contribution >= 0.6 is 34.5 Å². The Labute approximate surface area is 123 Å². The monoisotopic (exact) mass is 318 g/mol. The van der Waals surface area contributed by atoms with Crippen LogP contribution in [0.4, 0.5) is 4.39 Å². The Bertz CT molecular complexity index is 618. The summed E-state index contributed by atoms with van der Waals surface area (Å²) >= 11 is 13.0. The minimum absolute atomic E-state index is 0.0116. The summed E-state index contributed by atoms with van der Waals surface area (Å²) in [5.41, 5.74) is 0.0480. The van der Waals surface area contributed by atoms with Gasteiger partial charge in [-0.05, 0) is 18.2 Å². The van der Waals surface area contributed by atoms with Crippen LogP contribution in [0.2, 0.25) is 9.49 Å². The van der Waals surface area contributed by atoms with Crippen molar-refractivity contribution in [1.82, 2.24) is 9.88 Å². The van der Waals surface area contributed by atoms with Crippen molar-refractivity contribution < 1.29 is 9.18 Å². The van der Waals surface area contributed by atoms with Gasteiger partial charge < -0.3 is 4.90 Å². The van der Waals surface area contributed by atoms with E-state index in [-0.39, 0.29) is 16.6 Å². The molecule has 2 heterocycles. The van der Waals surface area contributed by atoms with E-state index in [4.69, 9.17) is 23.2 Å². The van der Waals surface area contributed by atoms with E-state index in [1.54, 1.807) is 13.1 Å². The molecule has 2 aromatic rings. The van der Waals surface area contributed by atoms with Crippen LogP contribution in [0.15, 0.2) is 24.4 Å². The summed E-state index contributed by atoms with van der Waals surface area (Å²) in [6, 6.07) is 4.67. The van der Waals surface area contributed by atoms with Gasteiger partial charge in [-0.3, -0.25) is 4.79 Å². The first-order chi connectivity index (χ1) is 8.97. The van der Waals surface area contributed by atoms with E-state index in [2.05, 4.69) is 4.98 Å². The molecule has 0 aliphatic heterocycles. The van der Waals surface area contributed by atoms with Crippen LogP contribution in [-0.2, 0) is 6.54 Å². The fourth-order valence-corrected chi connectivity index (χ4v) is 2.85. The molecule has 7 heteroatoms. The van der Waals surface area contributed by atoms with Crippen LogP contribution in [0, 0.1) is 5.82 Å². The van der Waals surface area contributed by atoms with Gasteiger partial charge in [0.2, 0.25) is 0 Å². The van der Waals surface area contributed by atoms with E-state index in [9.17, 15) is 9.18 Å².